The SMILES string of the molecule is CC(=O)c1nc2ccccc2cc1-[n+]1ccccc1. The molecule has 19 heavy (non-hydrogen) atoms. The minimum atomic E-state index is -0.0305. The number of Topliss-reactive ketones (excluding diaryl/α,β-unsaturated/α-hetero) is 1. The third-order valence-corrected chi connectivity index (χ3v) is 3.03. The van der Waals surface area contributed by atoms with Crippen molar-refractivity contribution >= 4 is 16.7 Å². The zero-order chi connectivity index (χ0) is 13.2. The summed E-state index contributed by atoms with van der Waals surface area (Å²) in [5.41, 5.74) is 2.15. The number of benzene rings is 1. The third kappa shape index (κ3) is 2.10. The number of pyridine rings is 2. The first-order valence-corrected chi connectivity index (χ1v) is 6.13. The first kappa shape index (κ1) is 11.5. The van der Waals surface area contributed by atoms with Crippen molar-refractivity contribution in [2.45, 2.75) is 6.92 Å². The number of rotatable bonds is 2. The molecule has 0 saturated carbocycles. The monoisotopic (exact) mass is 249 g/mol. The van der Waals surface area contributed by atoms with Gasteiger partial charge in [-0.2, -0.15) is 4.57 Å². The Bertz CT molecular complexity index is 751. The smallest absolute Gasteiger partial charge is 0.240 e. The Morgan fingerprint density at radius 3 is 2.53 bits per heavy atom. The standard InChI is InChI=1S/C16H13N2O/c1-12(19)16-15(18-9-5-2-6-10-18)11-13-7-3-4-8-14(13)17-16/h2-11H,1H3/q+1. The summed E-state index contributed by atoms with van der Waals surface area (Å²) in [4.78, 5) is 16.3. The van der Waals surface area contributed by atoms with E-state index < -0.39 is 0 Å². The number of carbonyl (C=O) groups excluding carboxylic acids is 1. The highest BCUT2D eigenvalue weighted by atomic mass is 16.1. The Morgan fingerprint density at radius 2 is 1.79 bits per heavy atom. The van der Waals surface area contributed by atoms with Gasteiger partial charge in [0.1, 0.15) is 0 Å². The molecule has 3 aromatic rings. The highest BCUT2D eigenvalue weighted by Gasteiger charge is 2.18. The Balaban J connectivity index is 2.33. The highest BCUT2D eigenvalue weighted by Crippen LogP contribution is 2.17. The maximum absolute atomic E-state index is 11.8. The molecule has 0 atom stereocenters. The number of hydrogen-bond acceptors (Lipinski definition) is 2. The van der Waals surface area contributed by atoms with Gasteiger partial charge < -0.3 is 0 Å². The van der Waals surface area contributed by atoms with Crippen molar-refractivity contribution in [1.82, 2.24) is 4.98 Å². The van der Waals surface area contributed by atoms with Crippen LogP contribution in [-0.2, 0) is 0 Å². The summed E-state index contributed by atoms with van der Waals surface area (Å²) in [5.74, 6) is -0.0305. The summed E-state index contributed by atoms with van der Waals surface area (Å²) in [6, 6.07) is 15.6. The van der Waals surface area contributed by atoms with E-state index in [4.69, 9.17) is 0 Å². The van der Waals surface area contributed by atoms with Crippen LogP contribution in [0.5, 0.6) is 0 Å². The van der Waals surface area contributed by atoms with Crippen LogP contribution in [0.4, 0.5) is 0 Å². The van der Waals surface area contributed by atoms with Gasteiger partial charge in [-0.3, -0.25) is 4.79 Å². The number of hydrogen-bond donors (Lipinski definition) is 0. The van der Waals surface area contributed by atoms with Crippen LogP contribution in [0.25, 0.3) is 16.6 Å². The minimum Gasteiger partial charge on any atom is -0.292 e. The predicted octanol–water partition coefficient (Wildman–Crippen LogP) is 2.71. The van der Waals surface area contributed by atoms with Gasteiger partial charge in [0.05, 0.1) is 5.52 Å². The van der Waals surface area contributed by atoms with Crippen LogP contribution in [0.2, 0.25) is 0 Å². The van der Waals surface area contributed by atoms with E-state index in [0.717, 1.165) is 16.6 Å². The molecule has 0 aliphatic heterocycles. The molecule has 2 aromatic heterocycles. The maximum Gasteiger partial charge on any atom is 0.240 e. The van der Waals surface area contributed by atoms with Gasteiger partial charge in [0, 0.05) is 30.5 Å². The normalized spacial score (nSPS) is 10.6. The van der Waals surface area contributed by atoms with Crippen LogP contribution < -0.4 is 4.57 Å². The fourth-order valence-electron chi connectivity index (χ4n) is 2.12. The predicted molar refractivity (Wildman–Crippen MR) is 73.3 cm³/mol. The Labute approximate surface area is 111 Å². The summed E-state index contributed by atoms with van der Waals surface area (Å²) >= 11 is 0. The molecule has 92 valence electrons. The number of carbonyl (C=O) groups is 1. The van der Waals surface area contributed by atoms with Gasteiger partial charge in [-0.15, -0.1) is 0 Å². The van der Waals surface area contributed by atoms with Gasteiger partial charge in [-0.1, -0.05) is 24.3 Å². The largest absolute Gasteiger partial charge is 0.292 e. The molecular weight excluding hydrogens is 236 g/mol. The lowest BCUT2D eigenvalue weighted by molar-refractivity contribution is -0.596. The zero-order valence-electron chi connectivity index (χ0n) is 10.6. The van der Waals surface area contributed by atoms with Crippen molar-refractivity contribution in [1.29, 1.82) is 0 Å². The lowest BCUT2D eigenvalue weighted by Gasteiger charge is -2.03. The summed E-state index contributed by atoms with van der Waals surface area (Å²) in [6.07, 6.45) is 3.83. The average molecular weight is 249 g/mol. The Kier molecular flexibility index (Phi) is 2.80. The van der Waals surface area contributed by atoms with E-state index in [9.17, 15) is 4.79 Å². The van der Waals surface area contributed by atoms with Crippen LogP contribution in [0, 0.1) is 0 Å². The number of ketones is 1. The van der Waals surface area contributed by atoms with Crippen molar-refractivity contribution in [2.75, 3.05) is 0 Å². The molecule has 0 bridgehead atoms. The number of para-hydroxylation sites is 1. The van der Waals surface area contributed by atoms with E-state index in [1.807, 2.05) is 65.5 Å². The maximum atomic E-state index is 11.8. The van der Waals surface area contributed by atoms with Gasteiger partial charge in [0.25, 0.3) is 0 Å². The Hall–Kier alpha value is -2.55. The van der Waals surface area contributed by atoms with Gasteiger partial charge in [0.15, 0.2) is 23.9 Å². The molecule has 1 aromatic carbocycles. The van der Waals surface area contributed by atoms with Crippen molar-refractivity contribution in [3.63, 3.8) is 0 Å². The molecule has 0 amide bonds. The third-order valence-electron chi connectivity index (χ3n) is 3.03. The lowest BCUT2D eigenvalue weighted by atomic mass is 10.1. The summed E-state index contributed by atoms with van der Waals surface area (Å²) in [5, 5.41) is 1.03. The molecule has 3 heteroatoms. The van der Waals surface area contributed by atoms with Gasteiger partial charge in [0.2, 0.25) is 5.69 Å². The quantitative estimate of drug-likeness (QED) is 0.517. The number of aromatic nitrogens is 2. The van der Waals surface area contributed by atoms with E-state index in [-0.39, 0.29) is 5.78 Å². The fourth-order valence-corrected chi connectivity index (χ4v) is 2.12. The Morgan fingerprint density at radius 1 is 1.05 bits per heavy atom. The van der Waals surface area contributed by atoms with Crippen LogP contribution in [-0.4, -0.2) is 10.8 Å². The molecule has 0 N–H and O–H groups in total. The lowest BCUT2D eigenvalue weighted by Crippen LogP contribution is -2.31. The van der Waals surface area contributed by atoms with Crippen molar-refractivity contribution in [3.05, 3.63) is 66.6 Å². The number of fused-ring (bicyclic) bond motifs is 1. The molecule has 2 heterocycles. The molecule has 3 nitrogen and oxygen atoms in total. The first-order valence-electron chi connectivity index (χ1n) is 6.13. The van der Waals surface area contributed by atoms with Crippen LogP contribution in [0.15, 0.2) is 60.9 Å². The van der Waals surface area contributed by atoms with E-state index in [1.54, 1.807) is 6.92 Å². The first-order chi connectivity index (χ1) is 9.25. The summed E-state index contributed by atoms with van der Waals surface area (Å²) in [6.45, 7) is 1.55. The molecule has 0 spiro atoms. The number of nitrogens with zero attached hydrogens (tertiary/aromatic N) is 2. The van der Waals surface area contributed by atoms with Gasteiger partial charge in [-0.25, -0.2) is 4.98 Å². The molecule has 0 saturated heterocycles. The summed E-state index contributed by atoms with van der Waals surface area (Å²) < 4.78 is 1.91. The zero-order valence-corrected chi connectivity index (χ0v) is 10.6. The molecule has 0 fully saturated rings. The molecular formula is C16H13N2O+. The van der Waals surface area contributed by atoms with E-state index in [0.29, 0.717) is 5.69 Å². The van der Waals surface area contributed by atoms with Gasteiger partial charge in [-0.05, 0) is 6.07 Å². The average Bonchev–Trinajstić information content (AvgIpc) is 2.46. The topological polar surface area (TPSA) is 33.8 Å². The highest BCUT2D eigenvalue weighted by molar-refractivity contribution is 5.97. The van der Waals surface area contributed by atoms with E-state index in [1.165, 1.54) is 0 Å². The second kappa shape index (κ2) is 4.61. The molecule has 0 radical (unpaired) electrons. The molecule has 0 unspecified atom stereocenters. The van der Waals surface area contributed by atoms with Crippen molar-refractivity contribution in [2.24, 2.45) is 0 Å². The second-order valence-electron chi connectivity index (χ2n) is 4.39. The van der Waals surface area contributed by atoms with Crippen LogP contribution >= 0.6 is 0 Å². The fraction of sp³-hybridized carbons (Fsp3) is 0.0625. The minimum absolute atomic E-state index is 0.0305. The van der Waals surface area contributed by atoms with Crippen molar-refractivity contribution < 1.29 is 9.36 Å². The van der Waals surface area contributed by atoms with E-state index >= 15 is 0 Å². The second-order valence-corrected chi connectivity index (χ2v) is 4.39. The van der Waals surface area contributed by atoms with Crippen molar-refractivity contribution in [3.8, 4) is 5.69 Å². The molecule has 3 rings (SSSR count). The summed E-state index contributed by atoms with van der Waals surface area (Å²) in [7, 11) is 0. The van der Waals surface area contributed by atoms with E-state index in [2.05, 4.69) is 4.98 Å². The molecule has 0 aliphatic carbocycles. The van der Waals surface area contributed by atoms with Gasteiger partial charge >= 0.3 is 0 Å². The van der Waals surface area contributed by atoms with Crippen LogP contribution in [0.1, 0.15) is 17.4 Å². The molecule has 0 aliphatic rings. The van der Waals surface area contributed by atoms with Crippen LogP contribution in [0.3, 0.4) is 0 Å².